The zero-order valence-corrected chi connectivity index (χ0v) is 10.9. The maximum absolute atomic E-state index is 12.0. The van der Waals surface area contributed by atoms with Crippen LogP contribution in [0, 0.1) is 0 Å². The molecule has 1 atom stereocenters. The number of hydrogen-bond donors (Lipinski definition) is 3. The monoisotopic (exact) mass is 262 g/mol. The Kier molecular flexibility index (Phi) is 3.74. The van der Waals surface area contributed by atoms with Crippen LogP contribution in [-0.2, 0) is 17.6 Å². The van der Waals surface area contributed by atoms with Gasteiger partial charge in [0.05, 0.1) is 5.56 Å². The number of hydrogen-bond acceptors (Lipinski definition) is 3. The van der Waals surface area contributed by atoms with Crippen molar-refractivity contribution in [3.63, 3.8) is 0 Å². The van der Waals surface area contributed by atoms with Crippen molar-refractivity contribution in [1.82, 2.24) is 5.32 Å². The molecule has 0 spiro atoms. The Bertz CT molecular complexity index is 526. The molecule has 102 valence electrons. The zero-order chi connectivity index (χ0) is 14.0. The summed E-state index contributed by atoms with van der Waals surface area (Å²) in [6, 6.07) is 2.61. The first kappa shape index (κ1) is 13.4. The number of primary amides is 1. The maximum Gasteiger partial charge on any atom is 0.255 e. The fourth-order valence-electron chi connectivity index (χ4n) is 2.30. The van der Waals surface area contributed by atoms with E-state index in [1.54, 1.807) is 12.1 Å². The van der Waals surface area contributed by atoms with Gasteiger partial charge in [0.15, 0.2) is 0 Å². The molecule has 0 heterocycles. The number of nitrogens with one attached hydrogen (secondary N) is 1. The van der Waals surface area contributed by atoms with Crippen LogP contribution >= 0.6 is 0 Å². The fourth-order valence-corrected chi connectivity index (χ4v) is 2.30. The van der Waals surface area contributed by atoms with Crippen LogP contribution in [0.25, 0.3) is 0 Å². The molecule has 1 aliphatic rings. The lowest BCUT2D eigenvalue weighted by Crippen LogP contribution is -2.42. The number of aryl methyl sites for hydroxylation is 2. The third-order valence-corrected chi connectivity index (χ3v) is 3.48. The molecule has 19 heavy (non-hydrogen) atoms. The SMILES string of the molecule is C[C@@H](NC(=O)c1cc2c(cc1O)CCCC2)C(N)=O. The second-order valence-corrected chi connectivity index (χ2v) is 4.94. The van der Waals surface area contributed by atoms with E-state index >= 15 is 0 Å². The topological polar surface area (TPSA) is 92.4 Å². The lowest BCUT2D eigenvalue weighted by atomic mass is 9.90. The van der Waals surface area contributed by atoms with E-state index in [4.69, 9.17) is 5.73 Å². The van der Waals surface area contributed by atoms with Gasteiger partial charge in [-0.05, 0) is 55.9 Å². The standard InChI is InChI=1S/C14H18N2O3/c1-8(13(15)18)16-14(19)11-6-9-4-2-3-5-10(9)7-12(11)17/h6-8,17H,2-5H2,1H3,(H2,15,18)(H,16,19)/t8-/m1/s1. The van der Waals surface area contributed by atoms with Crippen LogP contribution in [0.1, 0.15) is 41.3 Å². The van der Waals surface area contributed by atoms with Crippen molar-refractivity contribution in [2.24, 2.45) is 5.73 Å². The molecule has 0 radical (unpaired) electrons. The summed E-state index contributed by atoms with van der Waals surface area (Å²) in [5.74, 6) is -1.13. The van der Waals surface area contributed by atoms with Gasteiger partial charge in [0.2, 0.25) is 5.91 Å². The Morgan fingerprint density at radius 2 is 1.84 bits per heavy atom. The number of amides is 2. The molecule has 1 aliphatic carbocycles. The predicted octanol–water partition coefficient (Wildman–Crippen LogP) is 0.875. The predicted molar refractivity (Wildman–Crippen MR) is 70.9 cm³/mol. The van der Waals surface area contributed by atoms with E-state index in [2.05, 4.69) is 5.32 Å². The van der Waals surface area contributed by atoms with Crippen LogP contribution in [0.5, 0.6) is 5.75 Å². The number of rotatable bonds is 3. The normalized spacial score (nSPS) is 15.4. The molecule has 0 fully saturated rings. The van der Waals surface area contributed by atoms with Crippen LogP contribution in [0.15, 0.2) is 12.1 Å². The minimum absolute atomic E-state index is 0.0465. The summed E-state index contributed by atoms with van der Waals surface area (Å²) in [5, 5.41) is 12.4. The lowest BCUT2D eigenvalue weighted by molar-refractivity contribution is -0.119. The van der Waals surface area contributed by atoms with Gasteiger partial charge in [-0.1, -0.05) is 0 Å². The first-order valence-corrected chi connectivity index (χ1v) is 6.44. The van der Waals surface area contributed by atoms with Crippen molar-refractivity contribution in [2.45, 2.75) is 38.6 Å². The van der Waals surface area contributed by atoms with Gasteiger partial charge < -0.3 is 16.2 Å². The highest BCUT2D eigenvalue weighted by Gasteiger charge is 2.19. The molecule has 0 aliphatic heterocycles. The molecular formula is C14H18N2O3. The average molecular weight is 262 g/mol. The second kappa shape index (κ2) is 5.30. The summed E-state index contributed by atoms with van der Waals surface area (Å²) in [5.41, 5.74) is 7.50. The summed E-state index contributed by atoms with van der Waals surface area (Å²) in [7, 11) is 0. The van der Waals surface area contributed by atoms with E-state index in [-0.39, 0.29) is 11.3 Å². The van der Waals surface area contributed by atoms with E-state index in [0.717, 1.165) is 36.8 Å². The molecule has 1 aromatic rings. The molecule has 5 heteroatoms. The Balaban J connectivity index is 2.24. The van der Waals surface area contributed by atoms with Crippen molar-refractivity contribution in [3.8, 4) is 5.75 Å². The average Bonchev–Trinajstić information content (AvgIpc) is 2.37. The fraction of sp³-hybridized carbons (Fsp3) is 0.429. The highest BCUT2D eigenvalue weighted by molar-refractivity contribution is 5.99. The smallest absolute Gasteiger partial charge is 0.255 e. The quantitative estimate of drug-likeness (QED) is 0.754. The van der Waals surface area contributed by atoms with Gasteiger partial charge in [-0.15, -0.1) is 0 Å². The van der Waals surface area contributed by atoms with Crippen molar-refractivity contribution >= 4 is 11.8 Å². The van der Waals surface area contributed by atoms with Crippen molar-refractivity contribution in [1.29, 1.82) is 0 Å². The molecule has 0 aromatic heterocycles. The first-order chi connectivity index (χ1) is 8.99. The highest BCUT2D eigenvalue weighted by atomic mass is 16.3. The maximum atomic E-state index is 12.0. The Labute approximate surface area is 111 Å². The summed E-state index contributed by atoms with van der Waals surface area (Å²) < 4.78 is 0. The van der Waals surface area contributed by atoms with Gasteiger partial charge in [0.25, 0.3) is 5.91 Å². The summed E-state index contributed by atoms with van der Waals surface area (Å²) in [6.07, 6.45) is 4.05. The van der Waals surface area contributed by atoms with Gasteiger partial charge >= 0.3 is 0 Å². The van der Waals surface area contributed by atoms with Gasteiger partial charge in [0, 0.05) is 0 Å². The summed E-state index contributed by atoms with van der Waals surface area (Å²) in [4.78, 5) is 22.9. The highest BCUT2D eigenvalue weighted by Crippen LogP contribution is 2.28. The van der Waals surface area contributed by atoms with Crippen LogP contribution in [0.2, 0.25) is 0 Å². The van der Waals surface area contributed by atoms with E-state index in [1.807, 2.05) is 0 Å². The van der Waals surface area contributed by atoms with Crippen LogP contribution in [-0.4, -0.2) is 23.0 Å². The number of carbonyl (C=O) groups excluding carboxylic acids is 2. The molecule has 2 amide bonds. The molecule has 0 bridgehead atoms. The molecule has 2 rings (SSSR count). The van der Waals surface area contributed by atoms with Gasteiger partial charge in [-0.3, -0.25) is 9.59 Å². The van der Waals surface area contributed by atoms with Gasteiger partial charge in [-0.25, -0.2) is 0 Å². The minimum Gasteiger partial charge on any atom is -0.507 e. The number of phenolic OH excluding ortho intramolecular Hbond substituents is 1. The number of benzene rings is 1. The van der Waals surface area contributed by atoms with Gasteiger partial charge in [-0.2, -0.15) is 0 Å². The third kappa shape index (κ3) is 2.86. The number of fused-ring (bicyclic) bond motifs is 1. The van der Waals surface area contributed by atoms with Crippen LogP contribution in [0.4, 0.5) is 0 Å². The Morgan fingerprint density at radius 3 is 2.42 bits per heavy atom. The number of carbonyl (C=O) groups is 2. The van der Waals surface area contributed by atoms with Crippen LogP contribution in [0.3, 0.4) is 0 Å². The van der Waals surface area contributed by atoms with Crippen molar-refractivity contribution < 1.29 is 14.7 Å². The molecular weight excluding hydrogens is 244 g/mol. The number of nitrogens with two attached hydrogens (primary N) is 1. The first-order valence-electron chi connectivity index (χ1n) is 6.44. The summed E-state index contributed by atoms with van der Waals surface area (Å²) >= 11 is 0. The molecule has 1 aromatic carbocycles. The zero-order valence-electron chi connectivity index (χ0n) is 10.9. The largest absolute Gasteiger partial charge is 0.507 e. The number of phenols is 1. The van der Waals surface area contributed by atoms with E-state index in [1.165, 1.54) is 6.92 Å². The van der Waals surface area contributed by atoms with Crippen molar-refractivity contribution in [3.05, 3.63) is 28.8 Å². The van der Waals surface area contributed by atoms with E-state index in [0.29, 0.717) is 0 Å². The van der Waals surface area contributed by atoms with Gasteiger partial charge in [0.1, 0.15) is 11.8 Å². The molecule has 0 saturated carbocycles. The summed E-state index contributed by atoms with van der Waals surface area (Å²) in [6.45, 7) is 1.51. The lowest BCUT2D eigenvalue weighted by Gasteiger charge is -2.18. The van der Waals surface area contributed by atoms with Crippen molar-refractivity contribution in [2.75, 3.05) is 0 Å². The second-order valence-electron chi connectivity index (χ2n) is 4.94. The molecule has 5 nitrogen and oxygen atoms in total. The molecule has 4 N–H and O–H groups in total. The molecule has 0 saturated heterocycles. The third-order valence-electron chi connectivity index (χ3n) is 3.48. The Hall–Kier alpha value is -2.04. The Morgan fingerprint density at radius 1 is 1.26 bits per heavy atom. The molecule has 0 unspecified atom stereocenters. The van der Waals surface area contributed by atoms with E-state index < -0.39 is 17.9 Å². The minimum atomic E-state index is -0.761. The number of aromatic hydroxyl groups is 1. The van der Waals surface area contributed by atoms with Crippen LogP contribution < -0.4 is 11.1 Å². The van der Waals surface area contributed by atoms with E-state index in [9.17, 15) is 14.7 Å².